The lowest BCUT2D eigenvalue weighted by atomic mass is 10.0. The number of imidazole rings is 1. The van der Waals surface area contributed by atoms with E-state index in [1.807, 2.05) is 6.07 Å². The van der Waals surface area contributed by atoms with Gasteiger partial charge in [-0.05, 0) is 43.2 Å². The van der Waals surface area contributed by atoms with Gasteiger partial charge in [-0.15, -0.1) is 0 Å². The molecule has 0 aliphatic carbocycles. The van der Waals surface area contributed by atoms with E-state index in [1.165, 1.54) is 33.4 Å². The third-order valence-electron chi connectivity index (χ3n) is 7.04. The van der Waals surface area contributed by atoms with Gasteiger partial charge < -0.3 is 14.4 Å². The molecule has 0 spiro atoms. The monoisotopic (exact) mass is 546 g/mol. The SMILES string of the molecule is C[N+](C)(C)S(=O)(=O)NC(=O)c1cnc2ccc(N3CCC[C@@H]3c3cc(F)ccc3OC3CCOCC3)cn12. The Hall–Kier alpha value is -3.22. The fourth-order valence-corrected chi connectivity index (χ4v) is 5.49. The van der Waals surface area contributed by atoms with E-state index in [-0.39, 0.29) is 23.7 Å². The summed E-state index contributed by atoms with van der Waals surface area (Å²) in [6.45, 7) is 2.02. The largest absolute Gasteiger partial charge is 0.490 e. The maximum Gasteiger partial charge on any atom is 0.395 e. The van der Waals surface area contributed by atoms with Gasteiger partial charge in [0.05, 0.1) is 52.3 Å². The molecule has 4 heterocycles. The van der Waals surface area contributed by atoms with Crippen LogP contribution in [0.2, 0.25) is 0 Å². The van der Waals surface area contributed by atoms with Crippen molar-refractivity contribution in [3.05, 3.63) is 59.8 Å². The Balaban J connectivity index is 1.45. The third kappa shape index (κ3) is 5.20. The molecule has 38 heavy (non-hydrogen) atoms. The summed E-state index contributed by atoms with van der Waals surface area (Å²) < 4.78 is 54.5. The smallest absolute Gasteiger partial charge is 0.395 e. The highest BCUT2D eigenvalue weighted by atomic mass is 32.2. The zero-order chi connectivity index (χ0) is 27.1. The fraction of sp³-hybridized carbons (Fsp3) is 0.462. The molecule has 12 heteroatoms. The molecule has 2 aliphatic rings. The minimum absolute atomic E-state index is 0.0224. The summed E-state index contributed by atoms with van der Waals surface area (Å²) in [6, 6.07) is 8.22. The summed E-state index contributed by atoms with van der Waals surface area (Å²) in [7, 11) is 0.427. The first-order valence-corrected chi connectivity index (χ1v) is 14.1. The first-order valence-electron chi connectivity index (χ1n) is 12.7. The van der Waals surface area contributed by atoms with Gasteiger partial charge in [-0.3, -0.25) is 9.20 Å². The topological polar surface area (TPSA) is 102 Å². The number of amides is 1. The number of quaternary nitrogens is 1. The molecule has 1 amide bonds. The van der Waals surface area contributed by atoms with Gasteiger partial charge in [0.2, 0.25) is 0 Å². The van der Waals surface area contributed by atoms with Crippen molar-refractivity contribution in [2.24, 2.45) is 0 Å². The molecule has 3 aromatic rings. The number of benzene rings is 1. The summed E-state index contributed by atoms with van der Waals surface area (Å²) in [5.74, 6) is -0.420. The molecule has 10 nitrogen and oxygen atoms in total. The van der Waals surface area contributed by atoms with E-state index in [0.29, 0.717) is 24.6 Å². The number of pyridine rings is 1. The molecule has 2 aliphatic heterocycles. The van der Waals surface area contributed by atoms with Crippen LogP contribution in [0, 0.1) is 5.82 Å². The van der Waals surface area contributed by atoms with Crippen molar-refractivity contribution in [3.8, 4) is 5.75 Å². The standard InChI is InChI=1S/C26H32FN5O5S/c1-32(2,3)38(34,35)29-26(33)23-16-28-25-9-7-19(17-31(23)25)30-12-4-5-22(30)21-15-18(27)6-8-24(21)37-20-10-13-36-14-11-20/h6-9,15-17,20,22H,4-5,10-14H2,1-3H3/p+1/t22-/m1/s1. The average Bonchev–Trinajstić information content (AvgIpc) is 3.52. The van der Waals surface area contributed by atoms with Crippen LogP contribution in [0.5, 0.6) is 5.75 Å². The zero-order valence-corrected chi connectivity index (χ0v) is 22.6. The quantitative estimate of drug-likeness (QED) is 0.455. The molecular formula is C26H33FN5O5S+. The number of carbonyl (C=O) groups excluding carboxylic acids is 1. The van der Waals surface area contributed by atoms with Crippen molar-refractivity contribution >= 4 is 27.5 Å². The second-order valence-corrected chi connectivity index (χ2v) is 12.8. The predicted molar refractivity (Wildman–Crippen MR) is 140 cm³/mol. The van der Waals surface area contributed by atoms with Crippen molar-refractivity contribution in [3.63, 3.8) is 0 Å². The number of ether oxygens (including phenoxy) is 2. The number of aromatic nitrogens is 2. The summed E-state index contributed by atoms with van der Waals surface area (Å²) in [5.41, 5.74) is 2.20. The number of rotatable bonds is 7. The molecule has 1 aromatic carbocycles. The van der Waals surface area contributed by atoms with Gasteiger partial charge in [0.1, 0.15) is 29.0 Å². The highest BCUT2D eigenvalue weighted by Crippen LogP contribution is 2.41. The van der Waals surface area contributed by atoms with Crippen molar-refractivity contribution in [2.75, 3.05) is 45.8 Å². The number of anilines is 1. The van der Waals surface area contributed by atoms with Gasteiger partial charge in [-0.2, -0.15) is 8.42 Å². The normalized spacial score (nSPS) is 19.2. The molecule has 2 aromatic heterocycles. The second-order valence-electron chi connectivity index (χ2n) is 10.5. The van der Waals surface area contributed by atoms with Crippen LogP contribution in [0.1, 0.15) is 47.8 Å². The van der Waals surface area contributed by atoms with E-state index >= 15 is 0 Å². The molecule has 2 saturated heterocycles. The van der Waals surface area contributed by atoms with E-state index in [2.05, 4.69) is 14.6 Å². The third-order valence-corrected chi connectivity index (χ3v) is 8.93. The Morgan fingerprint density at radius 3 is 2.66 bits per heavy atom. The molecule has 204 valence electrons. The molecule has 0 unspecified atom stereocenters. The van der Waals surface area contributed by atoms with Gasteiger partial charge in [-0.25, -0.2) is 18.0 Å². The Bertz CT molecular complexity index is 1450. The van der Waals surface area contributed by atoms with E-state index < -0.39 is 20.0 Å². The van der Waals surface area contributed by atoms with Crippen LogP contribution in [0.3, 0.4) is 0 Å². The van der Waals surface area contributed by atoms with Gasteiger partial charge in [-0.1, -0.05) is 0 Å². The van der Waals surface area contributed by atoms with Crippen LogP contribution in [0.15, 0.2) is 42.7 Å². The van der Waals surface area contributed by atoms with Crippen molar-refractivity contribution in [2.45, 2.75) is 37.8 Å². The summed E-state index contributed by atoms with van der Waals surface area (Å²) in [5, 5.41) is 0. The zero-order valence-electron chi connectivity index (χ0n) is 21.8. The van der Waals surface area contributed by atoms with Crippen molar-refractivity contribution < 1.29 is 31.0 Å². The number of hydrogen-bond acceptors (Lipinski definition) is 7. The summed E-state index contributed by atoms with van der Waals surface area (Å²) in [6.07, 6.45) is 6.43. The first kappa shape index (κ1) is 26.4. The summed E-state index contributed by atoms with van der Waals surface area (Å²) in [4.78, 5) is 19.4. The molecule has 2 fully saturated rings. The Kier molecular flexibility index (Phi) is 7.05. The van der Waals surface area contributed by atoms with Crippen LogP contribution in [0.4, 0.5) is 10.1 Å². The lowest BCUT2D eigenvalue weighted by molar-refractivity contribution is -0.739. The van der Waals surface area contributed by atoms with Crippen molar-refractivity contribution in [1.82, 2.24) is 14.1 Å². The number of nitrogens with one attached hydrogen (secondary N) is 1. The van der Waals surface area contributed by atoms with Crippen LogP contribution in [-0.4, -0.2) is 74.6 Å². The minimum atomic E-state index is -3.95. The molecule has 0 saturated carbocycles. The maximum atomic E-state index is 14.4. The lowest BCUT2D eigenvalue weighted by Gasteiger charge is -2.30. The molecule has 0 bridgehead atoms. The highest BCUT2D eigenvalue weighted by molar-refractivity contribution is 7.84. The van der Waals surface area contributed by atoms with Crippen LogP contribution >= 0.6 is 0 Å². The Morgan fingerprint density at radius 2 is 1.92 bits per heavy atom. The average molecular weight is 547 g/mol. The fourth-order valence-electron chi connectivity index (χ4n) is 4.87. The van der Waals surface area contributed by atoms with Gasteiger partial charge in [0, 0.05) is 31.1 Å². The number of nitrogens with zero attached hydrogens (tertiary/aromatic N) is 4. The summed E-state index contributed by atoms with van der Waals surface area (Å²) >= 11 is 0. The van der Waals surface area contributed by atoms with Crippen LogP contribution < -0.4 is 14.4 Å². The van der Waals surface area contributed by atoms with Crippen molar-refractivity contribution in [1.29, 1.82) is 0 Å². The van der Waals surface area contributed by atoms with Crippen LogP contribution in [-0.2, 0) is 14.9 Å². The van der Waals surface area contributed by atoms with Gasteiger partial charge in [0.25, 0.3) is 5.91 Å². The van der Waals surface area contributed by atoms with Gasteiger partial charge in [0.15, 0.2) is 0 Å². The number of hydrogen-bond donors (Lipinski definition) is 1. The van der Waals surface area contributed by atoms with Crippen LogP contribution in [0.25, 0.3) is 5.65 Å². The number of halogens is 1. The number of fused-ring (bicyclic) bond motifs is 1. The second kappa shape index (κ2) is 10.2. The maximum absolute atomic E-state index is 14.4. The molecule has 1 N–H and O–H groups in total. The van der Waals surface area contributed by atoms with E-state index in [0.717, 1.165) is 43.5 Å². The minimum Gasteiger partial charge on any atom is -0.490 e. The molecular weight excluding hydrogens is 513 g/mol. The predicted octanol–water partition coefficient (Wildman–Crippen LogP) is 3.05. The lowest BCUT2D eigenvalue weighted by Crippen LogP contribution is -2.50. The van der Waals surface area contributed by atoms with E-state index in [1.54, 1.807) is 28.8 Å². The first-order chi connectivity index (χ1) is 18.0. The Labute approximate surface area is 221 Å². The Morgan fingerprint density at radius 1 is 1.16 bits per heavy atom. The number of carbonyl (C=O) groups is 1. The molecule has 5 rings (SSSR count). The van der Waals surface area contributed by atoms with E-state index in [9.17, 15) is 17.6 Å². The molecule has 0 radical (unpaired) electrons. The van der Waals surface area contributed by atoms with Gasteiger partial charge >= 0.3 is 10.2 Å². The van der Waals surface area contributed by atoms with E-state index in [4.69, 9.17) is 9.47 Å². The molecule has 1 atom stereocenters. The highest BCUT2D eigenvalue weighted by Gasteiger charge is 2.33.